The van der Waals surface area contributed by atoms with Crippen molar-refractivity contribution in [2.75, 3.05) is 33.2 Å². The molecule has 1 aromatic carbocycles. The second-order valence-corrected chi connectivity index (χ2v) is 4.77. The van der Waals surface area contributed by atoms with Crippen LogP contribution in [0.25, 0.3) is 0 Å². The molecule has 0 aliphatic carbocycles. The molecule has 0 saturated heterocycles. The number of guanidine groups is 1. The summed E-state index contributed by atoms with van der Waals surface area (Å²) in [6, 6.07) is 4.48. The van der Waals surface area contributed by atoms with Crippen molar-refractivity contribution in [1.82, 2.24) is 15.5 Å². The average Bonchev–Trinajstić information content (AvgIpc) is 2.83. The first-order chi connectivity index (χ1) is 9.58. The van der Waals surface area contributed by atoms with Gasteiger partial charge < -0.3 is 15.5 Å². The van der Waals surface area contributed by atoms with Crippen LogP contribution in [-0.2, 0) is 0 Å². The maximum Gasteiger partial charge on any atom is 0.251 e. The average molecular weight is 406 g/mol. The largest absolute Gasteiger partial charge is 0.354 e. The quantitative estimate of drug-likeness (QED) is 0.587. The number of amides is 1. The normalized spacial score (nSPS) is 13.5. The maximum absolute atomic E-state index is 13.4. The molecule has 0 saturated carbocycles. The van der Waals surface area contributed by atoms with E-state index in [1.54, 1.807) is 19.1 Å². The predicted octanol–water partition coefficient (Wildman–Crippen LogP) is 1.37. The van der Waals surface area contributed by atoms with Gasteiger partial charge in [-0.25, -0.2) is 4.39 Å². The number of rotatable bonds is 4. The van der Waals surface area contributed by atoms with E-state index in [1.807, 2.05) is 11.9 Å². The molecule has 1 aliphatic rings. The molecular weight excluding hydrogens is 386 g/mol. The molecule has 0 aromatic heterocycles. The Bertz CT molecular complexity index is 536. The lowest BCUT2D eigenvalue weighted by Gasteiger charge is -2.15. The second-order valence-electron chi connectivity index (χ2n) is 4.77. The number of aryl methyl sites for hydroxylation is 1. The molecule has 2 N–H and O–H groups in total. The molecular formula is C14H20FIN4O. The van der Waals surface area contributed by atoms with E-state index in [0.717, 1.165) is 19.0 Å². The first kappa shape index (κ1) is 17.7. The number of benzene rings is 1. The zero-order valence-corrected chi connectivity index (χ0v) is 14.5. The Morgan fingerprint density at radius 3 is 2.81 bits per heavy atom. The summed E-state index contributed by atoms with van der Waals surface area (Å²) in [6.07, 6.45) is 0. The van der Waals surface area contributed by atoms with Crippen molar-refractivity contribution in [2.45, 2.75) is 6.92 Å². The molecule has 116 valence electrons. The van der Waals surface area contributed by atoms with Crippen LogP contribution in [0.3, 0.4) is 0 Å². The molecule has 0 radical (unpaired) electrons. The number of aliphatic imine (C=N–C) groups is 1. The highest BCUT2D eigenvalue weighted by atomic mass is 127. The second kappa shape index (κ2) is 8.16. The van der Waals surface area contributed by atoms with E-state index in [4.69, 9.17) is 0 Å². The van der Waals surface area contributed by atoms with Gasteiger partial charge in [-0.05, 0) is 24.6 Å². The van der Waals surface area contributed by atoms with Gasteiger partial charge in [-0.2, -0.15) is 0 Å². The van der Waals surface area contributed by atoms with Crippen LogP contribution in [-0.4, -0.2) is 50.0 Å². The standard InChI is InChI=1S/C14H19FN4O.HI/c1-10-3-4-11(9-12(10)15)13(20)16-5-6-17-14-18-7-8-19(14)2;/h3-4,9H,5-8H2,1-2H3,(H,16,20)(H,17,18);1H. The third-order valence-electron chi connectivity index (χ3n) is 3.19. The lowest BCUT2D eigenvalue weighted by Crippen LogP contribution is -2.40. The van der Waals surface area contributed by atoms with Gasteiger partial charge in [0.1, 0.15) is 5.82 Å². The van der Waals surface area contributed by atoms with Gasteiger partial charge in [-0.1, -0.05) is 6.07 Å². The summed E-state index contributed by atoms with van der Waals surface area (Å²) >= 11 is 0. The SMILES string of the molecule is Cc1ccc(C(=O)NCCNC2=NCCN2C)cc1F.I. The Hall–Kier alpha value is -1.38. The van der Waals surface area contributed by atoms with Crippen molar-refractivity contribution >= 4 is 35.8 Å². The number of hydrogen-bond donors (Lipinski definition) is 2. The van der Waals surface area contributed by atoms with Crippen molar-refractivity contribution in [3.63, 3.8) is 0 Å². The summed E-state index contributed by atoms with van der Waals surface area (Å²) in [5.41, 5.74) is 0.869. The lowest BCUT2D eigenvalue weighted by atomic mass is 10.1. The Balaban J connectivity index is 0.00000220. The van der Waals surface area contributed by atoms with Crippen LogP contribution in [0, 0.1) is 12.7 Å². The number of carbonyl (C=O) groups excluding carboxylic acids is 1. The molecule has 7 heteroatoms. The summed E-state index contributed by atoms with van der Waals surface area (Å²) in [7, 11) is 1.96. The maximum atomic E-state index is 13.4. The highest BCUT2D eigenvalue weighted by Crippen LogP contribution is 2.08. The van der Waals surface area contributed by atoms with E-state index in [1.165, 1.54) is 6.07 Å². The van der Waals surface area contributed by atoms with E-state index in [0.29, 0.717) is 24.2 Å². The molecule has 0 unspecified atom stereocenters. The van der Waals surface area contributed by atoms with E-state index in [9.17, 15) is 9.18 Å². The van der Waals surface area contributed by atoms with Crippen LogP contribution in [0.4, 0.5) is 4.39 Å². The molecule has 0 fully saturated rings. The molecule has 1 aliphatic heterocycles. The minimum atomic E-state index is -0.363. The number of nitrogens with one attached hydrogen (secondary N) is 2. The molecule has 21 heavy (non-hydrogen) atoms. The first-order valence-corrected chi connectivity index (χ1v) is 6.62. The van der Waals surface area contributed by atoms with Gasteiger partial charge in [0, 0.05) is 32.2 Å². The van der Waals surface area contributed by atoms with Crippen molar-refractivity contribution in [3.05, 3.63) is 35.1 Å². The van der Waals surface area contributed by atoms with Gasteiger partial charge in [-0.15, -0.1) is 24.0 Å². The zero-order chi connectivity index (χ0) is 14.5. The van der Waals surface area contributed by atoms with Crippen LogP contribution < -0.4 is 10.6 Å². The van der Waals surface area contributed by atoms with Crippen LogP contribution in [0.15, 0.2) is 23.2 Å². The molecule has 5 nitrogen and oxygen atoms in total. The fourth-order valence-corrected chi connectivity index (χ4v) is 1.91. The molecule has 0 spiro atoms. The monoisotopic (exact) mass is 406 g/mol. The summed E-state index contributed by atoms with van der Waals surface area (Å²) < 4.78 is 13.4. The molecule has 1 heterocycles. The minimum Gasteiger partial charge on any atom is -0.354 e. The lowest BCUT2D eigenvalue weighted by molar-refractivity contribution is 0.0954. The third kappa shape index (κ3) is 4.83. The zero-order valence-electron chi connectivity index (χ0n) is 12.1. The highest BCUT2D eigenvalue weighted by Gasteiger charge is 2.11. The van der Waals surface area contributed by atoms with Crippen molar-refractivity contribution < 1.29 is 9.18 Å². The van der Waals surface area contributed by atoms with Crippen LogP contribution in [0.2, 0.25) is 0 Å². The van der Waals surface area contributed by atoms with E-state index >= 15 is 0 Å². The molecule has 2 rings (SSSR count). The Kier molecular flexibility index (Phi) is 6.86. The molecule has 1 aromatic rings. The fraction of sp³-hybridized carbons (Fsp3) is 0.429. The van der Waals surface area contributed by atoms with Gasteiger partial charge in [0.15, 0.2) is 5.96 Å². The van der Waals surface area contributed by atoms with Gasteiger partial charge in [0.2, 0.25) is 0 Å². The number of carbonyl (C=O) groups is 1. The Morgan fingerprint density at radius 2 is 2.19 bits per heavy atom. The molecule has 0 atom stereocenters. The summed E-state index contributed by atoms with van der Waals surface area (Å²) in [5.74, 6) is 0.214. The van der Waals surface area contributed by atoms with Gasteiger partial charge in [-0.3, -0.25) is 9.79 Å². The van der Waals surface area contributed by atoms with E-state index in [2.05, 4.69) is 15.6 Å². The summed E-state index contributed by atoms with van der Waals surface area (Å²) in [4.78, 5) is 18.1. The van der Waals surface area contributed by atoms with Gasteiger partial charge in [0.25, 0.3) is 5.91 Å². The van der Waals surface area contributed by atoms with Crippen LogP contribution in [0.1, 0.15) is 15.9 Å². The number of halogens is 2. The van der Waals surface area contributed by atoms with Crippen molar-refractivity contribution in [2.24, 2.45) is 4.99 Å². The van der Waals surface area contributed by atoms with E-state index < -0.39 is 0 Å². The number of hydrogen-bond acceptors (Lipinski definition) is 4. The van der Waals surface area contributed by atoms with Crippen molar-refractivity contribution in [1.29, 1.82) is 0 Å². The predicted molar refractivity (Wildman–Crippen MR) is 91.8 cm³/mol. The number of nitrogens with zero attached hydrogens (tertiary/aromatic N) is 2. The first-order valence-electron chi connectivity index (χ1n) is 6.62. The number of likely N-dealkylation sites (N-methyl/N-ethyl adjacent to an activating group) is 1. The Labute approximate surface area is 141 Å². The van der Waals surface area contributed by atoms with Crippen LogP contribution in [0.5, 0.6) is 0 Å². The fourth-order valence-electron chi connectivity index (χ4n) is 1.91. The third-order valence-corrected chi connectivity index (χ3v) is 3.19. The molecule has 0 bridgehead atoms. The summed E-state index contributed by atoms with van der Waals surface area (Å²) in [6.45, 7) is 4.43. The smallest absolute Gasteiger partial charge is 0.251 e. The topological polar surface area (TPSA) is 56.7 Å². The van der Waals surface area contributed by atoms with Crippen LogP contribution >= 0.6 is 24.0 Å². The van der Waals surface area contributed by atoms with Gasteiger partial charge >= 0.3 is 0 Å². The highest BCUT2D eigenvalue weighted by molar-refractivity contribution is 14.0. The minimum absolute atomic E-state index is 0. The van der Waals surface area contributed by atoms with E-state index in [-0.39, 0.29) is 35.7 Å². The van der Waals surface area contributed by atoms with Crippen molar-refractivity contribution in [3.8, 4) is 0 Å². The Morgan fingerprint density at radius 1 is 1.43 bits per heavy atom. The van der Waals surface area contributed by atoms with Gasteiger partial charge in [0.05, 0.1) is 6.54 Å². The molecule has 1 amide bonds. The summed E-state index contributed by atoms with van der Waals surface area (Å²) in [5, 5.41) is 5.89.